The highest BCUT2D eigenvalue weighted by Gasteiger charge is 2.45. The fraction of sp³-hybridized carbons (Fsp3) is 0.368. The van der Waals surface area contributed by atoms with E-state index < -0.39 is 11.5 Å². The van der Waals surface area contributed by atoms with E-state index in [2.05, 4.69) is 26.3 Å². The van der Waals surface area contributed by atoms with Gasteiger partial charge in [0.1, 0.15) is 11.3 Å². The fourth-order valence-electron chi connectivity index (χ4n) is 6.82. The average molecular weight is 635 g/mol. The van der Waals surface area contributed by atoms with Crippen molar-refractivity contribution >= 4 is 40.4 Å². The standard InChI is InChI=1S/C38H42N4O5/c1-24(2)23-47-32-22-28(15-12-25(32)14-17-33(43)44)40-37(46)38(18-8-19-38)41-36(45)27-13-16-29-31(21-27)42(3)35(30-11-6-7-20-39-30)34(29)26-9-4-5-10-26/h6-7,11-17,20-22,24,26H,4-5,8-10,18-19,23H2,1-3H3,(H,40,46)(H,41,45)(H,43,44)/b17-14+. The molecule has 2 aromatic heterocycles. The molecule has 47 heavy (non-hydrogen) atoms. The second-order valence-electron chi connectivity index (χ2n) is 13.2. The van der Waals surface area contributed by atoms with E-state index >= 15 is 0 Å². The van der Waals surface area contributed by atoms with Crippen LogP contribution in [0.5, 0.6) is 5.75 Å². The number of aliphatic carboxylic acids is 1. The third kappa shape index (κ3) is 6.66. The van der Waals surface area contributed by atoms with Gasteiger partial charge in [-0.25, -0.2) is 4.79 Å². The van der Waals surface area contributed by atoms with Gasteiger partial charge in [0.2, 0.25) is 5.91 Å². The molecule has 0 spiro atoms. The molecule has 0 atom stereocenters. The Morgan fingerprint density at radius 1 is 1.06 bits per heavy atom. The highest BCUT2D eigenvalue weighted by atomic mass is 16.5. The molecule has 2 saturated carbocycles. The van der Waals surface area contributed by atoms with Crippen LogP contribution in [0.15, 0.2) is 66.9 Å². The summed E-state index contributed by atoms with van der Waals surface area (Å²) in [7, 11) is 2.04. The third-order valence-corrected chi connectivity index (χ3v) is 9.42. The van der Waals surface area contributed by atoms with Crippen molar-refractivity contribution in [2.24, 2.45) is 13.0 Å². The van der Waals surface area contributed by atoms with E-state index in [9.17, 15) is 14.4 Å². The van der Waals surface area contributed by atoms with E-state index in [-0.39, 0.29) is 17.7 Å². The Hall–Kier alpha value is -4.92. The lowest BCUT2D eigenvalue weighted by Crippen LogP contribution is -2.61. The summed E-state index contributed by atoms with van der Waals surface area (Å²) in [5.41, 5.74) is 4.87. The van der Waals surface area contributed by atoms with E-state index in [1.807, 2.05) is 57.4 Å². The minimum atomic E-state index is -1.06. The number of hydrogen-bond donors (Lipinski definition) is 3. The highest BCUT2D eigenvalue weighted by molar-refractivity contribution is 6.06. The first-order chi connectivity index (χ1) is 22.6. The number of nitrogens with one attached hydrogen (secondary N) is 2. The van der Waals surface area contributed by atoms with Crippen LogP contribution in [0.4, 0.5) is 5.69 Å². The van der Waals surface area contributed by atoms with Crippen LogP contribution in [0.25, 0.3) is 28.4 Å². The lowest BCUT2D eigenvalue weighted by molar-refractivity contribution is -0.131. The molecular formula is C38H42N4O5. The maximum absolute atomic E-state index is 13.8. The van der Waals surface area contributed by atoms with Crippen molar-refractivity contribution in [3.05, 3.63) is 83.6 Å². The van der Waals surface area contributed by atoms with Gasteiger partial charge < -0.3 is 25.0 Å². The van der Waals surface area contributed by atoms with Crippen LogP contribution >= 0.6 is 0 Å². The summed E-state index contributed by atoms with van der Waals surface area (Å²) in [4.78, 5) is 43.2. The number of ether oxygens (including phenoxy) is 1. The number of aromatic nitrogens is 2. The molecule has 2 amide bonds. The number of rotatable bonds is 11. The van der Waals surface area contributed by atoms with Crippen LogP contribution in [-0.2, 0) is 16.6 Å². The van der Waals surface area contributed by atoms with Crippen molar-refractivity contribution in [2.45, 2.75) is 70.3 Å². The first kappa shape index (κ1) is 32.0. The summed E-state index contributed by atoms with van der Waals surface area (Å²) in [6, 6.07) is 16.9. The second-order valence-corrected chi connectivity index (χ2v) is 13.2. The molecule has 9 heteroatoms. The van der Waals surface area contributed by atoms with Crippen molar-refractivity contribution in [1.82, 2.24) is 14.9 Å². The Kier molecular flexibility index (Phi) is 9.16. The molecule has 0 bridgehead atoms. The molecular weight excluding hydrogens is 592 g/mol. The zero-order valence-electron chi connectivity index (χ0n) is 27.2. The summed E-state index contributed by atoms with van der Waals surface area (Å²) in [6.45, 7) is 4.47. The Morgan fingerprint density at radius 3 is 2.51 bits per heavy atom. The van der Waals surface area contributed by atoms with Gasteiger partial charge in [-0.15, -0.1) is 0 Å². The number of hydrogen-bond acceptors (Lipinski definition) is 5. The summed E-state index contributed by atoms with van der Waals surface area (Å²) < 4.78 is 8.10. The molecule has 9 nitrogen and oxygen atoms in total. The molecule has 2 fully saturated rings. The summed E-state index contributed by atoms with van der Waals surface area (Å²) in [5, 5.41) is 16.3. The quantitative estimate of drug-likeness (QED) is 0.149. The van der Waals surface area contributed by atoms with Gasteiger partial charge in [0.25, 0.3) is 5.91 Å². The Labute approximate surface area is 275 Å². The van der Waals surface area contributed by atoms with Crippen LogP contribution in [0.2, 0.25) is 0 Å². The van der Waals surface area contributed by atoms with Crippen LogP contribution in [0.3, 0.4) is 0 Å². The number of fused-ring (bicyclic) bond motifs is 1. The largest absolute Gasteiger partial charge is 0.493 e. The van der Waals surface area contributed by atoms with Crippen LogP contribution in [-0.4, -0.2) is 44.6 Å². The van der Waals surface area contributed by atoms with Crippen LogP contribution in [0.1, 0.15) is 86.2 Å². The number of carbonyl (C=O) groups is 3. The average Bonchev–Trinajstić information content (AvgIpc) is 3.67. The van der Waals surface area contributed by atoms with Gasteiger partial charge in [0.05, 0.1) is 18.0 Å². The van der Waals surface area contributed by atoms with Gasteiger partial charge >= 0.3 is 5.97 Å². The zero-order chi connectivity index (χ0) is 33.1. The molecule has 0 unspecified atom stereocenters. The highest BCUT2D eigenvalue weighted by Crippen LogP contribution is 2.44. The minimum Gasteiger partial charge on any atom is -0.493 e. The Morgan fingerprint density at radius 2 is 1.85 bits per heavy atom. The minimum absolute atomic E-state index is 0.253. The molecule has 4 aromatic rings. The molecule has 3 N–H and O–H groups in total. The third-order valence-electron chi connectivity index (χ3n) is 9.42. The van der Waals surface area contributed by atoms with Crippen molar-refractivity contribution in [2.75, 3.05) is 11.9 Å². The normalized spacial score (nSPS) is 16.0. The second kappa shape index (κ2) is 13.4. The van der Waals surface area contributed by atoms with Crippen molar-refractivity contribution in [1.29, 1.82) is 0 Å². The maximum Gasteiger partial charge on any atom is 0.328 e. The van der Waals surface area contributed by atoms with Gasteiger partial charge in [-0.05, 0) is 92.0 Å². The number of carboxylic acids is 1. The lowest BCUT2D eigenvalue weighted by Gasteiger charge is -2.40. The number of pyridine rings is 1. The Balaban J connectivity index is 1.25. The van der Waals surface area contributed by atoms with Gasteiger partial charge in [0.15, 0.2) is 0 Å². The van der Waals surface area contributed by atoms with Crippen molar-refractivity contribution in [3.63, 3.8) is 0 Å². The van der Waals surface area contributed by atoms with E-state index in [4.69, 9.17) is 9.84 Å². The number of benzene rings is 2. The van der Waals surface area contributed by atoms with E-state index in [1.54, 1.807) is 18.2 Å². The number of amides is 2. The number of carbonyl (C=O) groups excluding carboxylic acids is 2. The predicted octanol–water partition coefficient (Wildman–Crippen LogP) is 7.32. The fourth-order valence-corrected chi connectivity index (χ4v) is 6.82. The van der Waals surface area contributed by atoms with Crippen molar-refractivity contribution in [3.8, 4) is 17.1 Å². The molecule has 2 aromatic carbocycles. The van der Waals surface area contributed by atoms with E-state index in [1.165, 1.54) is 24.5 Å². The summed E-state index contributed by atoms with van der Waals surface area (Å²) >= 11 is 0. The topological polar surface area (TPSA) is 123 Å². The van der Waals surface area contributed by atoms with Gasteiger partial charge in [-0.2, -0.15) is 0 Å². The number of anilines is 1. The molecule has 2 heterocycles. The number of carboxylic acid groups (broad SMARTS) is 1. The van der Waals surface area contributed by atoms with E-state index in [0.29, 0.717) is 47.9 Å². The van der Waals surface area contributed by atoms with Gasteiger partial charge in [-0.3, -0.25) is 14.6 Å². The van der Waals surface area contributed by atoms with Crippen LogP contribution < -0.4 is 15.4 Å². The molecule has 0 saturated heterocycles. The first-order valence-electron chi connectivity index (χ1n) is 16.5. The molecule has 0 radical (unpaired) electrons. The number of aryl methyl sites for hydroxylation is 1. The molecule has 2 aliphatic carbocycles. The SMILES string of the molecule is CC(C)COc1cc(NC(=O)C2(NC(=O)c3ccc4c(C5CCCC5)c(-c5ccccn5)n(C)c4c3)CCC2)ccc1/C=C/C(=O)O. The summed E-state index contributed by atoms with van der Waals surface area (Å²) in [6.07, 6.45) is 10.9. The van der Waals surface area contributed by atoms with Gasteiger partial charge in [0, 0.05) is 53.1 Å². The molecule has 6 rings (SSSR count). The molecule has 0 aliphatic heterocycles. The first-order valence-corrected chi connectivity index (χ1v) is 16.5. The zero-order valence-corrected chi connectivity index (χ0v) is 27.2. The monoisotopic (exact) mass is 634 g/mol. The smallest absolute Gasteiger partial charge is 0.328 e. The van der Waals surface area contributed by atoms with E-state index in [0.717, 1.165) is 47.6 Å². The number of nitrogens with zero attached hydrogens (tertiary/aromatic N) is 2. The maximum atomic E-state index is 13.8. The Bertz CT molecular complexity index is 1830. The lowest BCUT2D eigenvalue weighted by atomic mass is 9.75. The van der Waals surface area contributed by atoms with Crippen LogP contribution in [0, 0.1) is 5.92 Å². The predicted molar refractivity (Wildman–Crippen MR) is 183 cm³/mol. The molecule has 244 valence electrons. The molecule has 2 aliphatic rings. The summed E-state index contributed by atoms with van der Waals surface area (Å²) in [5.74, 6) is -0.464. The van der Waals surface area contributed by atoms with Gasteiger partial charge in [-0.1, -0.05) is 38.8 Å². The van der Waals surface area contributed by atoms with Crippen molar-refractivity contribution < 1.29 is 24.2 Å².